The molecule has 1 heterocycles. The van der Waals surface area contributed by atoms with Crippen LogP contribution in [0.1, 0.15) is 20.3 Å². The largest absolute Gasteiger partial charge is 0.281 e. The second-order valence-corrected chi connectivity index (χ2v) is 3.92. The number of carbonyl (C=O) groups is 2. The maximum Gasteiger partial charge on any atom is 0.246 e. The molecule has 0 radical (unpaired) electrons. The third kappa shape index (κ3) is 1.78. The van der Waals surface area contributed by atoms with E-state index in [9.17, 15) is 9.59 Å². The molecule has 1 fully saturated rings. The van der Waals surface area contributed by atoms with Crippen molar-refractivity contribution in [1.82, 2.24) is 4.90 Å². The van der Waals surface area contributed by atoms with Gasteiger partial charge in [0.1, 0.15) is 5.38 Å². The Labute approximate surface area is 76.7 Å². The number of likely N-dealkylation sites (tertiary alicyclic amines) is 1. The molecule has 2 atom stereocenters. The van der Waals surface area contributed by atoms with E-state index in [0.717, 1.165) is 0 Å². The molecule has 0 aromatic rings. The lowest BCUT2D eigenvalue weighted by molar-refractivity contribution is -0.141. The molecule has 2 unspecified atom stereocenters. The van der Waals surface area contributed by atoms with Gasteiger partial charge in [0.2, 0.25) is 11.8 Å². The van der Waals surface area contributed by atoms with Gasteiger partial charge in [-0.15, -0.1) is 11.6 Å². The highest BCUT2D eigenvalue weighted by atomic mass is 35.5. The molecule has 1 saturated heterocycles. The van der Waals surface area contributed by atoms with E-state index in [1.54, 1.807) is 6.92 Å². The van der Waals surface area contributed by atoms with Crippen molar-refractivity contribution < 1.29 is 9.59 Å². The molecule has 0 aliphatic carbocycles. The molecule has 3 nitrogen and oxygen atoms in total. The van der Waals surface area contributed by atoms with Crippen molar-refractivity contribution in [1.29, 1.82) is 0 Å². The van der Waals surface area contributed by atoms with Gasteiger partial charge in [-0.2, -0.15) is 0 Å². The van der Waals surface area contributed by atoms with Crippen LogP contribution in [0.25, 0.3) is 0 Å². The molecule has 0 bridgehead atoms. The van der Waals surface area contributed by atoms with E-state index >= 15 is 0 Å². The second kappa shape index (κ2) is 3.44. The van der Waals surface area contributed by atoms with Crippen LogP contribution in [0, 0.1) is 5.92 Å². The first-order valence-corrected chi connectivity index (χ1v) is 4.44. The van der Waals surface area contributed by atoms with E-state index in [0.29, 0.717) is 13.0 Å². The van der Waals surface area contributed by atoms with E-state index < -0.39 is 5.38 Å². The lowest BCUT2D eigenvalue weighted by Gasteiger charge is -2.14. The molecule has 0 aromatic heterocycles. The Hall–Kier alpha value is -0.570. The molecule has 1 rings (SSSR count). The summed E-state index contributed by atoms with van der Waals surface area (Å²) < 4.78 is 0. The van der Waals surface area contributed by atoms with Crippen LogP contribution in [-0.2, 0) is 9.59 Å². The standard InChI is InChI=1S/C8H12ClNO2/c1-5-3-7(11)10(4-5)8(12)6(2)9/h5-6H,3-4H2,1-2H3. The first-order chi connectivity index (χ1) is 5.52. The molecule has 0 N–H and O–H groups in total. The summed E-state index contributed by atoms with van der Waals surface area (Å²) in [6, 6.07) is 0. The topological polar surface area (TPSA) is 37.4 Å². The first kappa shape index (κ1) is 9.52. The number of carbonyl (C=O) groups excluding carboxylic acids is 2. The van der Waals surface area contributed by atoms with Gasteiger partial charge in [-0.1, -0.05) is 6.92 Å². The summed E-state index contributed by atoms with van der Waals surface area (Å²) in [7, 11) is 0. The van der Waals surface area contributed by atoms with Crippen LogP contribution in [0.5, 0.6) is 0 Å². The van der Waals surface area contributed by atoms with Crippen molar-refractivity contribution in [3.05, 3.63) is 0 Å². The molecule has 2 amide bonds. The number of imide groups is 1. The molecule has 0 spiro atoms. The number of rotatable bonds is 1. The zero-order chi connectivity index (χ0) is 9.30. The van der Waals surface area contributed by atoms with Gasteiger partial charge in [-0.3, -0.25) is 14.5 Å². The summed E-state index contributed by atoms with van der Waals surface area (Å²) in [5.41, 5.74) is 0. The van der Waals surface area contributed by atoms with Crippen LogP contribution in [-0.4, -0.2) is 28.6 Å². The quantitative estimate of drug-likeness (QED) is 0.578. The van der Waals surface area contributed by atoms with E-state index in [-0.39, 0.29) is 17.7 Å². The highest BCUT2D eigenvalue weighted by Crippen LogP contribution is 2.18. The van der Waals surface area contributed by atoms with E-state index in [4.69, 9.17) is 11.6 Å². The molecular weight excluding hydrogens is 178 g/mol. The predicted molar refractivity (Wildman–Crippen MR) is 45.8 cm³/mol. The number of alkyl halides is 1. The van der Waals surface area contributed by atoms with Crippen LogP contribution in [0.4, 0.5) is 0 Å². The number of amides is 2. The minimum Gasteiger partial charge on any atom is -0.281 e. The summed E-state index contributed by atoms with van der Waals surface area (Å²) in [6.45, 7) is 4.05. The zero-order valence-corrected chi connectivity index (χ0v) is 7.97. The van der Waals surface area contributed by atoms with E-state index in [1.165, 1.54) is 4.90 Å². The lowest BCUT2D eigenvalue weighted by Crippen LogP contribution is -2.36. The van der Waals surface area contributed by atoms with Gasteiger partial charge in [0.25, 0.3) is 0 Å². The van der Waals surface area contributed by atoms with Crippen molar-refractivity contribution in [2.45, 2.75) is 25.6 Å². The van der Waals surface area contributed by atoms with Crippen molar-refractivity contribution in [2.24, 2.45) is 5.92 Å². The Bertz CT molecular complexity index is 215. The van der Waals surface area contributed by atoms with E-state index in [1.807, 2.05) is 6.92 Å². The fourth-order valence-corrected chi connectivity index (χ4v) is 1.43. The average molecular weight is 190 g/mol. The minimum atomic E-state index is -0.598. The first-order valence-electron chi connectivity index (χ1n) is 4.00. The van der Waals surface area contributed by atoms with Crippen LogP contribution in [0.15, 0.2) is 0 Å². The van der Waals surface area contributed by atoms with Crippen LogP contribution < -0.4 is 0 Å². The monoisotopic (exact) mass is 189 g/mol. The summed E-state index contributed by atoms with van der Waals surface area (Å²) in [6.07, 6.45) is 0.468. The Morgan fingerprint density at radius 3 is 2.67 bits per heavy atom. The zero-order valence-electron chi connectivity index (χ0n) is 7.21. The fourth-order valence-electron chi connectivity index (χ4n) is 1.31. The van der Waals surface area contributed by atoms with Crippen molar-refractivity contribution in [3.63, 3.8) is 0 Å². The molecule has 1 aliphatic rings. The van der Waals surface area contributed by atoms with E-state index in [2.05, 4.69) is 0 Å². The normalized spacial score (nSPS) is 26.1. The third-order valence-corrected chi connectivity index (χ3v) is 2.11. The number of halogens is 1. The summed E-state index contributed by atoms with van der Waals surface area (Å²) >= 11 is 5.58. The molecule has 12 heavy (non-hydrogen) atoms. The van der Waals surface area contributed by atoms with Crippen molar-refractivity contribution in [3.8, 4) is 0 Å². The predicted octanol–water partition coefficient (Wildman–Crippen LogP) is 1.01. The fraction of sp³-hybridized carbons (Fsp3) is 0.750. The van der Waals surface area contributed by atoms with Gasteiger partial charge in [0, 0.05) is 13.0 Å². The van der Waals surface area contributed by atoms with Gasteiger partial charge >= 0.3 is 0 Å². The van der Waals surface area contributed by atoms with Gasteiger partial charge in [-0.05, 0) is 12.8 Å². The maximum atomic E-state index is 11.3. The summed E-state index contributed by atoms with van der Waals surface area (Å²) in [4.78, 5) is 23.7. The smallest absolute Gasteiger partial charge is 0.246 e. The van der Waals surface area contributed by atoms with Crippen molar-refractivity contribution in [2.75, 3.05) is 6.54 Å². The third-order valence-electron chi connectivity index (χ3n) is 1.92. The molecule has 1 aliphatic heterocycles. The van der Waals surface area contributed by atoms with Crippen LogP contribution in [0.3, 0.4) is 0 Å². The SMILES string of the molecule is CC1CC(=O)N(C(=O)C(C)Cl)C1. The lowest BCUT2D eigenvalue weighted by atomic mass is 10.2. The Morgan fingerprint density at radius 1 is 1.75 bits per heavy atom. The molecular formula is C8H12ClNO2. The average Bonchev–Trinajstić information content (AvgIpc) is 2.28. The highest BCUT2D eigenvalue weighted by Gasteiger charge is 2.32. The summed E-state index contributed by atoms with van der Waals surface area (Å²) in [5.74, 6) is -0.0946. The molecule has 0 saturated carbocycles. The van der Waals surface area contributed by atoms with Crippen molar-refractivity contribution >= 4 is 23.4 Å². The minimum absolute atomic E-state index is 0.0972. The van der Waals surface area contributed by atoms with Gasteiger partial charge in [-0.25, -0.2) is 0 Å². The Kier molecular flexibility index (Phi) is 2.73. The van der Waals surface area contributed by atoms with Gasteiger partial charge in [0.05, 0.1) is 0 Å². The Balaban J connectivity index is 2.64. The molecule has 0 aromatic carbocycles. The number of hydrogen-bond acceptors (Lipinski definition) is 2. The molecule has 4 heteroatoms. The number of hydrogen-bond donors (Lipinski definition) is 0. The summed E-state index contributed by atoms with van der Waals surface area (Å²) in [5, 5.41) is -0.598. The maximum absolute atomic E-state index is 11.3. The van der Waals surface area contributed by atoms with Gasteiger partial charge < -0.3 is 0 Å². The van der Waals surface area contributed by atoms with Crippen LogP contribution in [0.2, 0.25) is 0 Å². The number of nitrogens with zero attached hydrogens (tertiary/aromatic N) is 1. The molecule has 68 valence electrons. The van der Waals surface area contributed by atoms with Crippen LogP contribution >= 0.6 is 11.6 Å². The second-order valence-electron chi connectivity index (χ2n) is 3.27. The Morgan fingerprint density at radius 2 is 2.33 bits per heavy atom. The highest BCUT2D eigenvalue weighted by molar-refractivity contribution is 6.31. The van der Waals surface area contributed by atoms with Gasteiger partial charge in [0.15, 0.2) is 0 Å².